The molecule has 1 amide bonds. The first-order valence-corrected chi connectivity index (χ1v) is 5.12. The zero-order valence-electron chi connectivity index (χ0n) is 8.49. The highest BCUT2D eigenvalue weighted by atomic mass is 32.1. The van der Waals surface area contributed by atoms with Crippen LogP contribution in [0.3, 0.4) is 0 Å². The van der Waals surface area contributed by atoms with Crippen molar-refractivity contribution >= 4 is 24.2 Å². The molecule has 0 heterocycles. The molecule has 1 rings (SSSR count). The Balaban J connectivity index is 2.95. The Morgan fingerprint density at radius 3 is 2.87 bits per heavy atom. The Kier molecular flexibility index (Phi) is 4.45. The molecule has 0 aliphatic rings. The van der Waals surface area contributed by atoms with Gasteiger partial charge in [0.2, 0.25) is 5.91 Å². The standard InChI is InChI=1S/C10H14N2O2S/c1-14-9-3-2-7(6-15)4-8(9)12-10(13)5-11/h2-4,15H,5-6,11H2,1H3,(H,12,13). The summed E-state index contributed by atoms with van der Waals surface area (Å²) in [5.74, 6) is 0.974. The van der Waals surface area contributed by atoms with Gasteiger partial charge in [-0.15, -0.1) is 0 Å². The normalized spacial score (nSPS) is 9.80. The monoisotopic (exact) mass is 226 g/mol. The third-order valence-electron chi connectivity index (χ3n) is 1.91. The molecular formula is C10H14N2O2S. The second-order valence-electron chi connectivity index (χ2n) is 2.95. The van der Waals surface area contributed by atoms with Crippen LogP contribution >= 0.6 is 12.6 Å². The van der Waals surface area contributed by atoms with E-state index >= 15 is 0 Å². The molecule has 1 aromatic carbocycles. The fourth-order valence-corrected chi connectivity index (χ4v) is 1.35. The van der Waals surface area contributed by atoms with Crippen LogP contribution in [-0.2, 0) is 10.5 Å². The van der Waals surface area contributed by atoms with E-state index in [2.05, 4.69) is 17.9 Å². The molecule has 1 aromatic rings. The molecule has 0 aliphatic heterocycles. The molecule has 0 radical (unpaired) electrons. The molecule has 5 heteroatoms. The summed E-state index contributed by atoms with van der Waals surface area (Å²) in [5, 5.41) is 2.66. The van der Waals surface area contributed by atoms with Gasteiger partial charge in [-0.05, 0) is 17.7 Å². The maximum atomic E-state index is 11.1. The molecular weight excluding hydrogens is 212 g/mol. The number of hydrogen-bond donors (Lipinski definition) is 3. The average molecular weight is 226 g/mol. The van der Waals surface area contributed by atoms with Gasteiger partial charge in [0, 0.05) is 5.75 Å². The molecule has 0 aliphatic carbocycles. The second-order valence-corrected chi connectivity index (χ2v) is 3.26. The van der Waals surface area contributed by atoms with Gasteiger partial charge in [-0.2, -0.15) is 12.6 Å². The van der Waals surface area contributed by atoms with E-state index in [0.717, 1.165) is 5.56 Å². The van der Waals surface area contributed by atoms with Crippen molar-refractivity contribution in [2.24, 2.45) is 5.73 Å². The van der Waals surface area contributed by atoms with Gasteiger partial charge in [-0.1, -0.05) is 6.07 Å². The minimum atomic E-state index is -0.246. The predicted molar refractivity (Wildman–Crippen MR) is 63.4 cm³/mol. The minimum Gasteiger partial charge on any atom is -0.495 e. The third-order valence-corrected chi connectivity index (χ3v) is 2.27. The second kappa shape index (κ2) is 5.63. The molecule has 15 heavy (non-hydrogen) atoms. The molecule has 0 unspecified atom stereocenters. The summed E-state index contributed by atoms with van der Waals surface area (Å²) in [5.41, 5.74) is 6.84. The van der Waals surface area contributed by atoms with Crippen molar-refractivity contribution < 1.29 is 9.53 Å². The van der Waals surface area contributed by atoms with Gasteiger partial charge in [0.05, 0.1) is 19.3 Å². The zero-order chi connectivity index (χ0) is 11.3. The van der Waals surface area contributed by atoms with Crippen molar-refractivity contribution in [3.8, 4) is 5.75 Å². The Morgan fingerprint density at radius 1 is 1.60 bits per heavy atom. The highest BCUT2D eigenvalue weighted by molar-refractivity contribution is 7.79. The smallest absolute Gasteiger partial charge is 0.238 e. The molecule has 0 fully saturated rings. The Labute approximate surface area is 94.2 Å². The van der Waals surface area contributed by atoms with E-state index in [1.165, 1.54) is 0 Å². The summed E-state index contributed by atoms with van der Waals surface area (Å²) in [6.45, 7) is -0.0474. The van der Waals surface area contributed by atoms with E-state index in [4.69, 9.17) is 10.5 Å². The van der Waals surface area contributed by atoms with Crippen LogP contribution in [0, 0.1) is 0 Å². The zero-order valence-corrected chi connectivity index (χ0v) is 9.38. The van der Waals surface area contributed by atoms with Crippen molar-refractivity contribution in [2.45, 2.75) is 5.75 Å². The third kappa shape index (κ3) is 3.14. The Hall–Kier alpha value is -1.20. The van der Waals surface area contributed by atoms with Crippen molar-refractivity contribution in [1.29, 1.82) is 0 Å². The van der Waals surface area contributed by atoms with Crippen LogP contribution in [0.2, 0.25) is 0 Å². The summed E-state index contributed by atoms with van der Waals surface area (Å²) in [6, 6.07) is 5.50. The lowest BCUT2D eigenvalue weighted by atomic mass is 10.2. The van der Waals surface area contributed by atoms with E-state index in [1.54, 1.807) is 13.2 Å². The number of nitrogens with two attached hydrogens (primary N) is 1. The average Bonchev–Trinajstić information content (AvgIpc) is 2.28. The molecule has 3 N–H and O–H groups in total. The van der Waals surface area contributed by atoms with Gasteiger partial charge >= 0.3 is 0 Å². The summed E-state index contributed by atoms with van der Waals surface area (Å²) in [6.07, 6.45) is 0. The summed E-state index contributed by atoms with van der Waals surface area (Å²) >= 11 is 4.16. The van der Waals surface area contributed by atoms with Crippen LogP contribution in [-0.4, -0.2) is 19.6 Å². The molecule has 0 atom stereocenters. The molecule has 4 nitrogen and oxygen atoms in total. The number of carbonyl (C=O) groups excluding carboxylic acids is 1. The number of rotatable bonds is 4. The first-order chi connectivity index (χ1) is 7.21. The first kappa shape index (κ1) is 11.9. The molecule has 0 spiro atoms. The van der Waals surface area contributed by atoms with Crippen LogP contribution in [0.5, 0.6) is 5.75 Å². The van der Waals surface area contributed by atoms with Crippen molar-refractivity contribution in [2.75, 3.05) is 19.0 Å². The summed E-state index contributed by atoms with van der Waals surface area (Å²) in [4.78, 5) is 11.1. The van der Waals surface area contributed by atoms with Crippen LogP contribution in [0.1, 0.15) is 5.56 Å². The fourth-order valence-electron chi connectivity index (χ4n) is 1.15. The van der Waals surface area contributed by atoms with Crippen molar-refractivity contribution in [3.63, 3.8) is 0 Å². The predicted octanol–water partition coefficient (Wildman–Crippen LogP) is 1.02. The number of methoxy groups -OCH3 is 1. The van der Waals surface area contributed by atoms with Gasteiger partial charge in [0.25, 0.3) is 0 Å². The lowest BCUT2D eigenvalue weighted by Crippen LogP contribution is -2.22. The number of hydrogen-bond acceptors (Lipinski definition) is 4. The number of thiol groups is 1. The highest BCUT2D eigenvalue weighted by Crippen LogP contribution is 2.25. The summed E-state index contributed by atoms with van der Waals surface area (Å²) < 4.78 is 5.11. The van der Waals surface area contributed by atoms with E-state index in [9.17, 15) is 4.79 Å². The highest BCUT2D eigenvalue weighted by Gasteiger charge is 2.06. The van der Waals surface area contributed by atoms with Gasteiger partial charge in [0.1, 0.15) is 5.75 Å². The maximum absolute atomic E-state index is 11.1. The molecule has 0 saturated heterocycles. The summed E-state index contributed by atoms with van der Waals surface area (Å²) in [7, 11) is 1.55. The van der Waals surface area contributed by atoms with Crippen LogP contribution in [0.4, 0.5) is 5.69 Å². The van der Waals surface area contributed by atoms with E-state index in [0.29, 0.717) is 17.2 Å². The van der Waals surface area contributed by atoms with Crippen molar-refractivity contribution in [1.82, 2.24) is 0 Å². The Morgan fingerprint density at radius 2 is 2.33 bits per heavy atom. The quantitative estimate of drug-likeness (QED) is 0.672. The number of carbonyl (C=O) groups is 1. The van der Waals surface area contributed by atoms with Crippen LogP contribution < -0.4 is 15.8 Å². The number of amides is 1. The van der Waals surface area contributed by atoms with Crippen molar-refractivity contribution in [3.05, 3.63) is 23.8 Å². The molecule has 0 saturated carbocycles. The lowest BCUT2D eigenvalue weighted by molar-refractivity contribution is -0.114. The van der Waals surface area contributed by atoms with Gasteiger partial charge in [0.15, 0.2) is 0 Å². The number of ether oxygens (including phenoxy) is 1. The van der Waals surface area contributed by atoms with E-state index in [-0.39, 0.29) is 12.5 Å². The molecule has 82 valence electrons. The SMILES string of the molecule is COc1ccc(CS)cc1NC(=O)CN. The van der Waals surface area contributed by atoms with Gasteiger partial charge in [-0.3, -0.25) is 4.79 Å². The van der Waals surface area contributed by atoms with Crippen LogP contribution in [0.25, 0.3) is 0 Å². The van der Waals surface area contributed by atoms with E-state index in [1.807, 2.05) is 12.1 Å². The lowest BCUT2D eigenvalue weighted by Gasteiger charge is -2.10. The van der Waals surface area contributed by atoms with Gasteiger partial charge in [-0.25, -0.2) is 0 Å². The minimum absolute atomic E-state index is 0.0474. The van der Waals surface area contributed by atoms with Gasteiger partial charge < -0.3 is 15.8 Å². The first-order valence-electron chi connectivity index (χ1n) is 4.49. The fraction of sp³-hybridized carbons (Fsp3) is 0.300. The van der Waals surface area contributed by atoms with E-state index < -0.39 is 0 Å². The topological polar surface area (TPSA) is 64.3 Å². The maximum Gasteiger partial charge on any atom is 0.238 e. The molecule has 0 bridgehead atoms. The van der Waals surface area contributed by atoms with Crippen LogP contribution in [0.15, 0.2) is 18.2 Å². The number of nitrogens with one attached hydrogen (secondary N) is 1. The molecule has 0 aromatic heterocycles. The Bertz CT molecular complexity index is 355. The number of benzene rings is 1. The number of anilines is 1. The largest absolute Gasteiger partial charge is 0.495 e.